The van der Waals surface area contributed by atoms with Crippen molar-refractivity contribution in [1.82, 2.24) is 0 Å². The lowest BCUT2D eigenvalue weighted by Crippen LogP contribution is -2.40. The topological polar surface area (TPSA) is 57.6 Å². The SMILES string of the molecule is CN1C(=O)[C@](O)(CC(=O)c2ccc(I)cc2)c2ccccc21. The first-order valence-corrected chi connectivity index (χ1v) is 7.90. The molecule has 3 rings (SSSR count). The summed E-state index contributed by atoms with van der Waals surface area (Å²) in [7, 11) is 1.61. The van der Waals surface area contributed by atoms with Crippen LogP contribution in [0.25, 0.3) is 0 Å². The molecule has 1 aliphatic rings. The Hall–Kier alpha value is -1.73. The highest BCUT2D eigenvalue weighted by molar-refractivity contribution is 14.1. The fraction of sp³-hybridized carbons (Fsp3) is 0.176. The Kier molecular flexibility index (Phi) is 3.78. The first-order valence-electron chi connectivity index (χ1n) is 6.82. The molecule has 2 aromatic carbocycles. The van der Waals surface area contributed by atoms with E-state index in [1.54, 1.807) is 43.4 Å². The molecule has 0 radical (unpaired) electrons. The van der Waals surface area contributed by atoms with Gasteiger partial charge in [0.2, 0.25) is 0 Å². The third-order valence-corrected chi connectivity index (χ3v) is 4.67. The number of ketones is 1. The molecule has 2 aromatic rings. The number of aliphatic hydroxyl groups is 1. The summed E-state index contributed by atoms with van der Waals surface area (Å²) in [5.74, 6) is -0.718. The zero-order chi connectivity index (χ0) is 15.9. The summed E-state index contributed by atoms with van der Waals surface area (Å²) >= 11 is 2.16. The van der Waals surface area contributed by atoms with E-state index in [4.69, 9.17) is 0 Å². The van der Waals surface area contributed by atoms with Gasteiger partial charge in [-0.05, 0) is 40.8 Å². The van der Waals surface area contributed by atoms with Gasteiger partial charge in [-0.25, -0.2) is 0 Å². The maximum Gasteiger partial charge on any atom is 0.263 e. The van der Waals surface area contributed by atoms with E-state index < -0.39 is 11.5 Å². The molecule has 0 bridgehead atoms. The van der Waals surface area contributed by atoms with Gasteiger partial charge in [0.15, 0.2) is 11.4 Å². The Bertz CT molecular complexity index is 757. The summed E-state index contributed by atoms with van der Waals surface area (Å²) in [6.07, 6.45) is -0.256. The molecule has 1 amide bonds. The van der Waals surface area contributed by atoms with Crippen molar-refractivity contribution in [2.24, 2.45) is 0 Å². The van der Waals surface area contributed by atoms with E-state index in [9.17, 15) is 14.7 Å². The van der Waals surface area contributed by atoms with E-state index in [1.165, 1.54) is 4.90 Å². The molecule has 0 saturated heterocycles. The predicted molar refractivity (Wildman–Crippen MR) is 91.9 cm³/mol. The van der Waals surface area contributed by atoms with Crippen LogP contribution in [0, 0.1) is 3.57 Å². The van der Waals surface area contributed by atoms with E-state index in [0.717, 1.165) is 3.57 Å². The highest BCUT2D eigenvalue weighted by Gasteiger charge is 2.49. The zero-order valence-electron chi connectivity index (χ0n) is 11.9. The Morgan fingerprint density at radius 3 is 2.50 bits per heavy atom. The number of para-hydroxylation sites is 1. The second kappa shape index (κ2) is 5.48. The molecular weight excluding hydrogens is 393 g/mol. The number of halogens is 1. The van der Waals surface area contributed by atoms with Crippen LogP contribution in [0.4, 0.5) is 5.69 Å². The van der Waals surface area contributed by atoms with Crippen molar-refractivity contribution in [3.8, 4) is 0 Å². The van der Waals surface area contributed by atoms with Crippen molar-refractivity contribution < 1.29 is 14.7 Å². The zero-order valence-corrected chi connectivity index (χ0v) is 14.1. The van der Waals surface area contributed by atoms with Gasteiger partial charge in [0.05, 0.1) is 12.1 Å². The molecule has 1 atom stereocenters. The lowest BCUT2D eigenvalue weighted by Gasteiger charge is -2.21. The third kappa shape index (κ3) is 2.34. The van der Waals surface area contributed by atoms with Gasteiger partial charge in [0.1, 0.15) is 0 Å². The molecule has 4 nitrogen and oxygen atoms in total. The summed E-state index contributed by atoms with van der Waals surface area (Å²) in [6.45, 7) is 0. The number of hydrogen-bond acceptors (Lipinski definition) is 3. The number of hydrogen-bond donors (Lipinski definition) is 1. The molecule has 5 heteroatoms. The molecule has 0 aliphatic carbocycles. The number of likely N-dealkylation sites (N-methyl/N-ethyl adjacent to an activating group) is 1. The average Bonchev–Trinajstić information content (AvgIpc) is 2.70. The average molecular weight is 407 g/mol. The van der Waals surface area contributed by atoms with Gasteiger partial charge in [-0.1, -0.05) is 30.3 Å². The van der Waals surface area contributed by atoms with Crippen LogP contribution in [0.5, 0.6) is 0 Å². The van der Waals surface area contributed by atoms with Crippen LogP contribution in [0.2, 0.25) is 0 Å². The lowest BCUT2D eigenvalue weighted by molar-refractivity contribution is -0.135. The molecule has 0 spiro atoms. The minimum absolute atomic E-state index is 0.252. The van der Waals surface area contributed by atoms with E-state index >= 15 is 0 Å². The van der Waals surface area contributed by atoms with Gasteiger partial charge >= 0.3 is 0 Å². The van der Waals surface area contributed by atoms with Crippen LogP contribution in [0.3, 0.4) is 0 Å². The van der Waals surface area contributed by atoms with Crippen LogP contribution in [0.15, 0.2) is 48.5 Å². The number of benzene rings is 2. The van der Waals surface area contributed by atoms with Crippen LogP contribution in [-0.2, 0) is 10.4 Å². The second-order valence-electron chi connectivity index (χ2n) is 5.35. The second-order valence-corrected chi connectivity index (χ2v) is 6.59. The fourth-order valence-corrected chi connectivity index (χ4v) is 3.12. The maximum atomic E-state index is 12.4. The Morgan fingerprint density at radius 1 is 1.18 bits per heavy atom. The Balaban J connectivity index is 1.95. The molecule has 112 valence electrons. The maximum absolute atomic E-state index is 12.4. The first-order chi connectivity index (χ1) is 10.4. The van der Waals surface area contributed by atoms with Gasteiger partial charge in [-0.15, -0.1) is 0 Å². The molecule has 0 aromatic heterocycles. The molecule has 0 unspecified atom stereocenters. The number of carbonyl (C=O) groups is 2. The number of carbonyl (C=O) groups excluding carboxylic acids is 2. The molecule has 1 N–H and O–H groups in total. The van der Waals surface area contributed by atoms with Gasteiger partial charge in [-0.2, -0.15) is 0 Å². The number of anilines is 1. The normalized spacial score (nSPS) is 20.1. The highest BCUT2D eigenvalue weighted by atomic mass is 127. The Morgan fingerprint density at radius 2 is 1.82 bits per heavy atom. The largest absolute Gasteiger partial charge is 0.375 e. The minimum atomic E-state index is -1.79. The molecule has 0 fully saturated rings. The van der Waals surface area contributed by atoms with Crippen molar-refractivity contribution in [1.29, 1.82) is 0 Å². The lowest BCUT2D eigenvalue weighted by atomic mass is 9.88. The summed E-state index contributed by atoms with van der Waals surface area (Å²) in [5.41, 5.74) is -0.161. The molecule has 1 aliphatic heterocycles. The summed E-state index contributed by atoms with van der Waals surface area (Å²) in [4.78, 5) is 26.3. The van der Waals surface area contributed by atoms with E-state index in [1.807, 2.05) is 12.1 Å². The van der Waals surface area contributed by atoms with Crippen LogP contribution >= 0.6 is 22.6 Å². The van der Waals surface area contributed by atoms with Gasteiger partial charge in [0.25, 0.3) is 5.91 Å². The first kappa shape index (κ1) is 15.2. The number of fused-ring (bicyclic) bond motifs is 1. The number of nitrogens with zero attached hydrogens (tertiary/aromatic N) is 1. The van der Waals surface area contributed by atoms with Gasteiger partial charge in [0, 0.05) is 21.7 Å². The highest BCUT2D eigenvalue weighted by Crippen LogP contribution is 2.41. The van der Waals surface area contributed by atoms with E-state index in [2.05, 4.69) is 22.6 Å². The van der Waals surface area contributed by atoms with Crippen molar-refractivity contribution in [3.63, 3.8) is 0 Å². The standard InChI is InChI=1S/C17H14INO3/c1-19-14-5-3-2-4-13(14)17(22,16(19)21)10-15(20)11-6-8-12(18)9-7-11/h2-9,22H,10H2,1H3/t17-/m0/s1. The Labute approximate surface area is 141 Å². The van der Waals surface area contributed by atoms with Crippen molar-refractivity contribution in [3.05, 3.63) is 63.2 Å². The molecular formula is C17H14INO3. The van der Waals surface area contributed by atoms with Crippen molar-refractivity contribution in [2.45, 2.75) is 12.0 Å². The minimum Gasteiger partial charge on any atom is -0.375 e. The van der Waals surface area contributed by atoms with Gasteiger partial charge < -0.3 is 10.0 Å². The van der Waals surface area contributed by atoms with Crippen molar-refractivity contribution >= 4 is 40.0 Å². The number of amides is 1. The molecule has 1 heterocycles. The summed E-state index contributed by atoms with van der Waals surface area (Å²) < 4.78 is 1.02. The number of rotatable bonds is 3. The summed E-state index contributed by atoms with van der Waals surface area (Å²) in [5, 5.41) is 10.9. The molecule has 0 saturated carbocycles. The van der Waals surface area contributed by atoms with E-state index in [0.29, 0.717) is 16.8 Å². The quantitative estimate of drug-likeness (QED) is 0.629. The van der Waals surface area contributed by atoms with E-state index in [-0.39, 0.29) is 12.2 Å². The van der Waals surface area contributed by atoms with Crippen molar-refractivity contribution in [2.75, 3.05) is 11.9 Å². The fourth-order valence-electron chi connectivity index (χ4n) is 2.76. The monoisotopic (exact) mass is 407 g/mol. The van der Waals surface area contributed by atoms with Crippen LogP contribution in [-0.4, -0.2) is 23.8 Å². The summed E-state index contributed by atoms with van der Waals surface area (Å²) in [6, 6.07) is 14.1. The van der Waals surface area contributed by atoms with Crippen LogP contribution < -0.4 is 4.90 Å². The van der Waals surface area contributed by atoms with Crippen LogP contribution in [0.1, 0.15) is 22.3 Å². The third-order valence-electron chi connectivity index (χ3n) is 3.95. The predicted octanol–water partition coefficient (Wildman–Crippen LogP) is 2.73. The number of Topliss-reactive ketones (excluding diaryl/α,β-unsaturated/α-hetero) is 1. The molecule has 22 heavy (non-hydrogen) atoms. The smallest absolute Gasteiger partial charge is 0.263 e. The van der Waals surface area contributed by atoms with Gasteiger partial charge in [-0.3, -0.25) is 9.59 Å².